The van der Waals surface area contributed by atoms with Crippen LogP contribution in [0.5, 0.6) is 0 Å². The van der Waals surface area contributed by atoms with Crippen molar-refractivity contribution in [2.24, 2.45) is 0 Å². The highest BCUT2D eigenvalue weighted by Gasteiger charge is 2.14. The van der Waals surface area contributed by atoms with Crippen LogP contribution in [-0.4, -0.2) is 0 Å². The van der Waals surface area contributed by atoms with Crippen LogP contribution in [0.15, 0.2) is 61.3 Å². The summed E-state index contributed by atoms with van der Waals surface area (Å²) < 4.78 is 7.02. The zero-order valence-corrected chi connectivity index (χ0v) is 13.1. The lowest BCUT2D eigenvalue weighted by atomic mass is 10.2. The average Bonchev–Trinajstić information content (AvgIpc) is 2.72. The van der Waals surface area contributed by atoms with Crippen molar-refractivity contribution in [3.63, 3.8) is 0 Å². The number of para-hydroxylation sites is 1. The molecule has 96 valence electrons. The van der Waals surface area contributed by atoms with E-state index in [1.54, 1.807) is 11.8 Å². The average molecular weight is 333 g/mol. The fourth-order valence-corrected chi connectivity index (χ4v) is 3.43. The second-order valence-electron chi connectivity index (χ2n) is 4.57. The molecule has 0 unspecified atom stereocenters. The Labute approximate surface area is 125 Å². The predicted octanol–water partition coefficient (Wildman–Crippen LogP) is 5.96. The molecule has 3 aromatic rings. The number of hydrogen-bond acceptors (Lipinski definition) is 2. The molecule has 0 saturated carbocycles. The predicted molar refractivity (Wildman–Crippen MR) is 84.0 cm³/mol. The molecule has 2 aromatic carbocycles. The van der Waals surface area contributed by atoms with E-state index in [2.05, 4.69) is 72.2 Å². The summed E-state index contributed by atoms with van der Waals surface area (Å²) in [5.74, 6) is 0. The summed E-state index contributed by atoms with van der Waals surface area (Å²) in [6, 6.07) is 14.7. The Bertz CT molecular complexity index is 728. The van der Waals surface area contributed by atoms with Crippen molar-refractivity contribution in [2.45, 2.75) is 23.8 Å². The summed E-state index contributed by atoms with van der Waals surface area (Å²) in [7, 11) is 0. The molecule has 0 saturated heterocycles. The Morgan fingerprint density at radius 3 is 2.42 bits per heavy atom. The lowest BCUT2D eigenvalue weighted by Gasteiger charge is -1.99. The summed E-state index contributed by atoms with van der Waals surface area (Å²) in [5.41, 5.74) is 3.39. The van der Waals surface area contributed by atoms with Crippen molar-refractivity contribution in [3.05, 3.63) is 58.1 Å². The lowest BCUT2D eigenvalue weighted by Crippen LogP contribution is -1.73. The Kier molecular flexibility index (Phi) is 3.42. The molecule has 0 aliphatic carbocycles. The molecule has 0 radical (unpaired) electrons. The number of aryl methyl sites for hydroxylation is 2. The SMILES string of the molecule is Cc1ccc(Sc2oc3c(C)cccc3c2Br)cc1. The number of halogens is 1. The van der Waals surface area contributed by atoms with Gasteiger partial charge in [-0.05, 0) is 53.5 Å². The van der Waals surface area contributed by atoms with Crippen molar-refractivity contribution in [1.82, 2.24) is 0 Å². The van der Waals surface area contributed by atoms with E-state index in [0.29, 0.717) is 0 Å². The van der Waals surface area contributed by atoms with Gasteiger partial charge in [0.15, 0.2) is 5.09 Å². The fraction of sp³-hybridized carbons (Fsp3) is 0.125. The standard InChI is InChI=1S/C16H13BrOS/c1-10-6-8-12(9-7-10)19-16-14(17)13-5-3-4-11(2)15(13)18-16/h3-9H,1-2H3. The minimum atomic E-state index is 0.910. The first-order valence-corrected chi connectivity index (χ1v) is 7.68. The maximum atomic E-state index is 5.98. The lowest BCUT2D eigenvalue weighted by molar-refractivity contribution is 0.509. The van der Waals surface area contributed by atoms with E-state index in [1.807, 2.05) is 0 Å². The number of benzene rings is 2. The minimum Gasteiger partial charge on any atom is -0.448 e. The van der Waals surface area contributed by atoms with Gasteiger partial charge in [0.05, 0.1) is 4.47 Å². The molecule has 3 heteroatoms. The third kappa shape index (κ3) is 2.45. The van der Waals surface area contributed by atoms with E-state index in [-0.39, 0.29) is 0 Å². The van der Waals surface area contributed by atoms with Crippen LogP contribution in [0.1, 0.15) is 11.1 Å². The highest BCUT2D eigenvalue weighted by Crippen LogP contribution is 2.41. The molecule has 1 aromatic heterocycles. The Morgan fingerprint density at radius 2 is 1.74 bits per heavy atom. The molecule has 0 aliphatic heterocycles. The first-order valence-electron chi connectivity index (χ1n) is 6.07. The smallest absolute Gasteiger partial charge is 0.180 e. The molecular formula is C16H13BrOS. The van der Waals surface area contributed by atoms with Crippen LogP contribution in [0.2, 0.25) is 0 Å². The molecule has 0 fully saturated rings. The first-order chi connectivity index (χ1) is 9.15. The molecule has 1 nitrogen and oxygen atoms in total. The number of fused-ring (bicyclic) bond motifs is 1. The molecule has 0 aliphatic rings. The second-order valence-corrected chi connectivity index (χ2v) is 6.41. The van der Waals surface area contributed by atoms with Gasteiger partial charge in [0.1, 0.15) is 5.58 Å². The number of furan rings is 1. The van der Waals surface area contributed by atoms with E-state index in [0.717, 1.165) is 26.1 Å². The van der Waals surface area contributed by atoms with Gasteiger partial charge in [-0.3, -0.25) is 0 Å². The normalized spacial score (nSPS) is 11.1. The molecular weight excluding hydrogens is 320 g/mol. The van der Waals surface area contributed by atoms with Crippen LogP contribution in [0.25, 0.3) is 11.0 Å². The van der Waals surface area contributed by atoms with Crippen LogP contribution in [0.4, 0.5) is 0 Å². The van der Waals surface area contributed by atoms with Gasteiger partial charge in [-0.15, -0.1) is 0 Å². The van der Waals surface area contributed by atoms with Crippen molar-refractivity contribution < 1.29 is 4.42 Å². The maximum absolute atomic E-state index is 5.98. The van der Waals surface area contributed by atoms with Crippen LogP contribution < -0.4 is 0 Å². The molecule has 1 heterocycles. The highest BCUT2D eigenvalue weighted by molar-refractivity contribution is 9.10. The first kappa shape index (κ1) is 12.8. The Balaban J connectivity index is 2.03. The molecule has 0 N–H and O–H groups in total. The maximum Gasteiger partial charge on any atom is 0.180 e. The van der Waals surface area contributed by atoms with Gasteiger partial charge in [-0.1, -0.05) is 41.6 Å². The molecule has 0 atom stereocenters. The summed E-state index contributed by atoms with van der Waals surface area (Å²) in [6.45, 7) is 4.16. The molecule has 19 heavy (non-hydrogen) atoms. The van der Waals surface area contributed by atoms with Gasteiger partial charge < -0.3 is 4.42 Å². The van der Waals surface area contributed by atoms with Gasteiger partial charge in [0, 0.05) is 10.3 Å². The third-order valence-corrected chi connectivity index (χ3v) is 5.08. The van der Waals surface area contributed by atoms with Crippen molar-refractivity contribution in [1.29, 1.82) is 0 Å². The molecule has 3 rings (SSSR count). The Morgan fingerprint density at radius 1 is 1.00 bits per heavy atom. The van der Waals surface area contributed by atoms with Gasteiger partial charge in [0.2, 0.25) is 0 Å². The zero-order chi connectivity index (χ0) is 13.4. The Hall–Kier alpha value is -1.19. The van der Waals surface area contributed by atoms with Crippen LogP contribution in [-0.2, 0) is 0 Å². The van der Waals surface area contributed by atoms with Gasteiger partial charge in [-0.2, -0.15) is 0 Å². The van der Waals surface area contributed by atoms with E-state index < -0.39 is 0 Å². The summed E-state index contributed by atoms with van der Waals surface area (Å²) in [6.07, 6.45) is 0. The third-order valence-electron chi connectivity index (χ3n) is 3.05. The highest BCUT2D eigenvalue weighted by atomic mass is 79.9. The molecule has 0 bridgehead atoms. The zero-order valence-electron chi connectivity index (χ0n) is 10.7. The summed E-state index contributed by atoms with van der Waals surface area (Å²) in [5, 5.41) is 2.04. The van der Waals surface area contributed by atoms with Gasteiger partial charge >= 0.3 is 0 Å². The minimum absolute atomic E-state index is 0.910. The van der Waals surface area contributed by atoms with Gasteiger partial charge in [0.25, 0.3) is 0 Å². The van der Waals surface area contributed by atoms with E-state index in [1.165, 1.54) is 10.5 Å². The monoisotopic (exact) mass is 332 g/mol. The molecule has 0 amide bonds. The number of rotatable bonds is 2. The van der Waals surface area contributed by atoms with E-state index in [4.69, 9.17) is 4.42 Å². The van der Waals surface area contributed by atoms with Crippen LogP contribution in [0, 0.1) is 13.8 Å². The van der Waals surface area contributed by atoms with Gasteiger partial charge in [-0.25, -0.2) is 0 Å². The largest absolute Gasteiger partial charge is 0.448 e. The summed E-state index contributed by atoms with van der Waals surface area (Å²) >= 11 is 5.29. The van der Waals surface area contributed by atoms with Crippen LogP contribution >= 0.6 is 27.7 Å². The topological polar surface area (TPSA) is 13.1 Å². The fourth-order valence-electron chi connectivity index (χ4n) is 1.99. The second kappa shape index (κ2) is 5.06. The molecule has 0 spiro atoms. The van der Waals surface area contributed by atoms with E-state index >= 15 is 0 Å². The number of hydrogen-bond donors (Lipinski definition) is 0. The quantitative estimate of drug-likeness (QED) is 0.574. The van der Waals surface area contributed by atoms with Crippen molar-refractivity contribution in [2.75, 3.05) is 0 Å². The van der Waals surface area contributed by atoms with Crippen LogP contribution in [0.3, 0.4) is 0 Å². The van der Waals surface area contributed by atoms with Crippen molar-refractivity contribution in [3.8, 4) is 0 Å². The van der Waals surface area contributed by atoms with Crippen molar-refractivity contribution >= 4 is 38.7 Å². The van der Waals surface area contributed by atoms with E-state index in [9.17, 15) is 0 Å². The summed E-state index contributed by atoms with van der Waals surface area (Å²) in [4.78, 5) is 1.18.